The number of fused-ring (bicyclic) bond motifs is 1. The molecule has 0 aliphatic rings. The molecule has 5 nitrogen and oxygen atoms in total. The molecule has 0 aliphatic carbocycles. The fraction of sp³-hybridized carbons (Fsp3) is 0.300. The summed E-state index contributed by atoms with van der Waals surface area (Å²) >= 11 is 0. The van der Waals surface area contributed by atoms with Gasteiger partial charge in [0.15, 0.2) is 0 Å². The first-order chi connectivity index (χ1) is 12.2. The van der Waals surface area contributed by atoms with Gasteiger partial charge in [0.2, 0.25) is 0 Å². The van der Waals surface area contributed by atoms with Gasteiger partial charge in [-0.2, -0.15) is 17.6 Å². The minimum absolute atomic E-state index is 0.242. The molecule has 0 unspecified atom stereocenters. The molecule has 3 aromatic rings. The first-order valence-corrected chi connectivity index (χ1v) is 9.94. The molecule has 137 valence electrons. The van der Waals surface area contributed by atoms with E-state index in [0.29, 0.717) is 5.52 Å². The number of likely N-dealkylation sites (N-methyl/N-ethyl adjacent to an activating group) is 1. The van der Waals surface area contributed by atoms with Crippen molar-refractivity contribution in [3.05, 3.63) is 65.3 Å². The van der Waals surface area contributed by atoms with Crippen LogP contribution in [0.3, 0.4) is 0 Å². The van der Waals surface area contributed by atoms with Crippen molar-refractivity contribution in [3.63, 3.8) is 0 Å². The molecule has 0 N–H and O–H groups in total. The van der Waals surface area contributed by atoms with E-state index in [2.05, 4.69) is 16.9 Å². The molecule has 1 radical (unpaired) electrons. The van der Waals surface area contributed by atoms with E-state index in [1.807, 2.05) is 40.1 Å². The molecule has 0 fully saturated rings. The zero-order chi connectivity index (χ0) is 19.1. The van der Waals surface area contributed by atoms with Crippen LogP contribution in [0, 0.1) is 19.9 Å². The van der Waals surface area contributed by atoms with Crippen LogP contribution in [0.5, 0.6) is 0 Å². The third-order valence-corrected chi connectivity index (χ3v) is 6.47. The standard InChI is InChI=1S/C20H24N3O2S/c1-14-6-9-18(10-7-14)26(24,25)23-20-11-8-17(12-15(2)22(4)5)16(3)19(20)13-21-23/h6-11,13H,12H2,1-5H3. The highest BCUT2D eigenvalue weighted by Crippen LogP contribution is 2.27. The van der Waals surface area contributed by atoms with Gasteiger partial charge in [0, 0.05) is 11.4 Å². The second-order valence-corrected chi connectivity index (χ2v) is 8.66. The van der Waals surface area contributed by atoms with Crippen LogP contribution in [0.15, 0.2) is 47.5 Å². The van der Waals surface area contributed by atoms with E-state index in [-0.39, 0.29) is 4.90 Å². The highest BCUT2D eigenvalue weighted by Gasteiger charge is 2.21. The van der Waals surface area contributed by atoms with Crippen molar-refractivity contribution in [2.24, 2.45) is 0 Å². The average molecular weight is 370 g/mol. The van der Waals surface area contributed by atoms with Crippen LogP contribution < -0.4 is 0 Å². The maximum atomic E-state index is 13.0. The predicted molar refractivity (Wildman–Crippen MR) is 105 cm³/mol. The molecule has 0 spiro atoms. The lowest BCUT2D eigenvalue weighted by atomic mass is 9.99. The Labute approximate surface area is 155 Å². The highest BCUT2D eigenvalue weighted by atomic mass is 32.2. The van der Waals surface area contributed by atoms with Crippen molar-refractivity contribution < 1.29 is 8.42 Å². The number of aromatic nitrogens is 2. The summed E-state index contributed by atoms with van der Waals surface area (Å²) in [5, 5.41) is 5.06. The van der Waals surface area contributed by atoms with E-state index in [1.54, 1.807) is 30.5 Å². The van der Waals surface area contributed by atoms with Crippen molar-refractivity contribution in [2.45, 2.75) is 32.1 Å². The Balaban J connectivity index is 2.07. The van der Waals surface area contributed by atoms with E-state index < -0.39 is 10.0 Å². The Hall–Kier alpha value is -2.18. The largest absolute Gasteiger partial charge is 0.302 e. The molecular formula is C20H24N3O2S. The number of hydrogen-bond donors (Lipinski definition) is 0. The Morgan fingerprint density at radius 2 is 1.73 bits per heavy atom. The molecule has 6 heteroatoms. The molecule has 0 aliphatic heterocycles. The van der Waals surface area contributed by atoms with Crippen molar-refractivity contribution in [1.82, 2.24) is 14.1 Å². The quantitative estimate of drug-likeness (QED) is 0.689. The second kappa shape index (κ2) is 6.85. The van der Waals surface area contributed by atoms with Gasteiger partial charge in [-0.1, -0.05) is 23.8 Å². The van der Waals surface area contributed by atoms with Crippen LogP contribution in [0.2, 0.25) is 0 Å². The molecule has 3 rings (SSSR count). The summed E-state index contributed by atoms with van der Waals surface area (Å²) in [4.78, 5) is 2.33. The zero-order valence-corrected chi connectivity index (χ0v) is 16.6. The highest BCUT2D eigenvalue weighted by molar-refractivity contribution is 7.90. The topological polar surface area (TPSA) is 55.2 Å². The zero-order valence-electron chi connectivity index (χ0n) is 15.8. The maximum Gasteiger partial charge on any atom is 0.283 e. The number of nitrogens with zero attached hydrogens (tertiary/aromatic N) is 3. The summed E-state index contributed by atoms with van der Waals surface area (Å²) in [6.45, 7) is 6.04. The average Bonchev–Trinajstić information content (AvgIpc) is 3.03. The van der Waals surface area contributed by atoms with Gasteiger partial charge < -0.3 is 4.90 Å². The van der Waals surface area contributed by atoms with Crippen LogP contribution >= 0.6 is 0 Å². The Kier molecular flexibility index (Phi) is 4.90. The molecule has 2 aromatic carbocycles. The molecule has 1 heterocycles. The Bertz CT molecular complexity index is 1030. The van der Waals surface area contributed by atoms with Crippen molar-refractivity contribution in [1.29, 1.82) is 0 Å². The molecule has 0 saturated carbocycles. The fourth-order valence-corrected chi connectivity index (χ4v) is 4.16. The van der Waals surface area contributed by atoms with Crippen molar-refractivity contribution in [2.75, 3.05) is 14.1 Å². The Morgan fingerprint density at radius 1 is 1.08 bits per heavy atom. The SMILES string of the molecule is C[C](Cc1ccc2c(cnn2S(=O)(=O)c2ccc(C)cc2)c1C)N(C)C. The first kappa shape index (κ1) is 18.6. The van der Waals surface area contributed by atoms with E-state index in [1.165, 1.54) is 11.6 Å². The minimum Gasteiger partial charge on any atom is -0.302 e. The maximum absolute atomic E-state index is 13.0. The van der Waals surface area contributed by atoms with Gasteiger partial charge in [0.05, 0.1) is 16.6 Å². The molecular weight excluding hydrogens is 346 g/mol. The number of hydrogen-bond acceptors (Lipinski definition) is 4. The van der Waals surface area contributed by atoms with E-state index >= 15 is 0 Å². The van der Waals surface area contributed by atoms with E-state index in [9.17, 15) is 8.42 Å². The van der Waals surface area contributed by atoms with Crippen LogP contribution in [-0.4, -0.2) is 36.6 Å². The number of aryl methyl sites for hydroxylation is 2. The molecule has 0 amide bonds. The van der Waals surface area contributed by atoms with Gasteiger partial charge in [-0.15, -0.1) is 0 Å². The van der Waals surface area contributed by atoms with Crippen molar-refractivity contribution >= 4 is 20.9 Å². The summed E-state index contributed by atoms with van der Waals surface area (Å²) in [5.74, 6) is 0. The van der Waals surface area contributed by atoms with E-state index in [0.717, 1.165) is 27.0 Å². The van der Waals surface area contributed by atoms with Crippen molar-refractivity contribution in [3.8, 4) is 0 Å². The third-order valence-electron chi connectivity index (χ3n) is 4.86. The molecule has 0 atom stereocenters. The lowest BCUT2D eigenvalue weighted by molar-refractivity contribution is 0.415. The lowest BCUT2D eigenvalue weighted by Crippen LogP contribution is -2.19. The molecule has 0 bridgehead atoms. The van der Waals surface area contributed by atoms with Gasteiger partial charge in [-0.05, 0) is 70.6 Å². The third kappa shape index (κ3) is 3.27. The summed E-state index contributed by atoms with van der Waals surface area (Å²) < 4.78 is 27.1. The van der Waals surface area contributed by atoms with Gasteiger partial charge in [-0.25, -0.2) is 0 Å². The smallest absolute Gasteiger partial charge is 0.283 e. The fourth-order valence-electron chi connectivity index (χ4n) is 2.89. The van der Waals surface area contributed by atoms with Crippen LogP contribution in [0.25, 0.3) is 10.9 Å². The minimum atomic E-state index is -3.71. The van der Waals surface area contributed by atoms with Gasteiger partial charge in [-0.3, -0.25) is 0 Å². The van der Waals surface area contributed by atoms with Gasteiger partial charge >= 0.3 is 0 Å². The normalized spacial score (nSPS) is 12.4. The number of rotatable bonds is 5. The van der Waals surface area contributed by atoms with Crippen LogP contribution in [0.1, 0.15) is 23.6 Å². The summed E-state index contributed by atoms with van der Waals surface area (Å²) in [7, 11) is 0.333. The molecule has 1 aromatic heterocycles. The summed E-state index contributed by atoms with van der Waals surface area (Å²) in [5.41, 5.74) is 3.86. The van der Waals surface area contributed by atoms with Gasteiger partial charge in [0.25, 0.3) is 10.0 Å². The predicted octanol–water partition coefficient (Wildman–Crippen LogP) is 3.55. The van der Waals surface area contributed by atoms with E-state index in [4.69, 9.17) is 0 Å². The second-order valence-electron chi connectivity index (χ2n) is 6.89. The van der Waals surface area contributed by atoms with Crippen LogP contribution in [-0.2, 0) is 16.4 Å². The monoisotopic (exact) mass is 370 g/mol. The summed E-state index contributed by atoms with van der Waals surface area (Å²) in [6, 6.07) is 11.9. The summed E-state index contributed by atoms with van der Waals surface area (Å²) in [6.07, 6.45) is 2.47. The lowest BCUT2D eigenvalue weighted by Gasteiger charge is -2.20. The Morgan fingerprint density at radius 3 is 2.35 bits per heavy atom. The van der Waals surface area contributed by atoms with Gasteiger partial charge in [0.1, 0.15) is 0 Å². The van der Waals surface area contributed by atoms with Crippen LogP contribution in [0.4, 0.5) is 0 Å². The molecule has 26 heavy (non-hydrogen) atoms. The molecule has 0 saturated heterocycles. The first-order valence-electron chi connectivity index (χ1n) is 8.50. The number of benzene rings is 2.